The molecule has 1 saturated heterocycles. The lowest BCUT2D eigenvalue weighted by Gasteiger charge is -2.24. The summed E-state index contributed by atoms with van der Waals surface area (Å²) in [6.07, 6.45) is 8.35. The Labute approximate surface area is 87.8 Å². The van der Waals surface area contributed by atoms with Crippen LogP contribution in [0.5, 0.6) is 0 Å². The SMILES string of the molecule is O=C1OC(=O)[C@@H]2C=C3CCCCC3=C[C@H]12. The normalized spacial score (nSPS) is 33.9. The monoisotopic (exact) mass is 204 g/mol. The van der Waals surface area contributed by atoms with Crippen molar-refractivity contribution < 1.29 is 14.3 Å². The van der Waals surface area contributed by atoms with E-state index < -0.39 is 0 Å². The van der Waals surface area contributed by atoms with Gasteiger partial charge in [0.05, 0.1) is 11.8 Å². The van der Waals surface area contributed by atoms with Crippen LogP contribution in [0.1, 0.15) is 25.7 Å². The number of rotatable bonds is 0. The van der Waals surface area contributed by atoms with E-state index in [1.807, 2.05) is 12.2 Å². The number of allylic oxidation sites excluding steroid dienone is 2. The van der Waals surface area contributed by atoms with Gasteiger partial charge in [-0.3, -0.25) is 9.59 Å². The molecular formula is C12H12O3. The van der Waals surface area contributed by atoms with Crippen LogP contribution in [0.25, 0.3) is 0 Å². The van der Waals surface area contributed by atoms with Crippen molar-refractivity contribution in [2.45, 2.75) is 25.7 Å². The average molecular weight is 204 g/mol. The number of carbonyl (C=O) groups excluding carboxylic acids is 2. The van der Waals surface area contributed by atoms with Gasteiger partial charge in [0.25, 0.3) is 0 Å². The van der Waals surface area contributed by atoms with E-state index in [-0.39, 0.29) is 23.8 Å². The predicted octanol–water partition coefficient (Wildman–Crippen LogP) is 1.74. The molecule has 0 unspecified atom stereocenters. The molecule has 0 radical (unpaired) electrons. The molecule has 15 heavy (non-hydrogen) atoms. The molecule has 1 heterocycles. The summed E-state index contributed by atoms with van der Waals surface area (Å²) < 4.78 is 4.65. The van der Waals surface area contributed by atoms with Crippen molar-refractivity contribution >= 4 is 11.9 Å². The van der Waals surface area contributed by atoms with E-state index in [9.17, 15) is 9.59 Å². The molecule has 0 bridgehead atoms. The molecule has 3 rings (SSSR count). The zero-order valence-corrected chi connectivity index (χ0v) is 8.36. The van der Waals surface area contributed by atoms with Gasteiger partial charge in [0.2, 0.25) is 0 Å². The number of ether oxygens (including phenoxy) is 1. The molecule has 0 N–H and O–H groups in total. The summed E-state index contributed by atoms with van der Waals surface area (Å²) in [5.41, 5.74) is 2.52. The number of cyclic esters (lactones) is 2. The smallest absolute Gasteiger partial charge is 0.321 e. The maximum absolute atomic E-state index is 11.4. The fourth-order valence-electron chi connectivity index (χ4n) is 2.64. The summed E-state index contributed by atoms with van der Waals surface area (Å²) in [4.78, 5) is 22.8. The van der Waals surface area contributed by atoms with E-state index in [1.165, 1.54) is 24.0 Å². The first-order valence-electron chi connectivity index (χ1n) is 5.43. The number of hydrogen-bond donors (Lipinski definition) is 0. The van der Waals surface area contributed by atoms with Gasteiger partial charge in [-0.1, -0.05) is 12.2 Å². The molecular weight excluding hydrogens is 192 g/mol. The van der Waals surface area contributed by atoms with Crippen molar-refractivity contribution in [3.05, 3.63) is 23.3 Å². The van der Waals surface area contributed by atoms with E-state index in [2.05, 4.69) is 4.74 Å². The van der Waals surface area contributed by atoms with Crippen molar-refractivity contribution in [2.24, 2.45) is 11.8 Å². The molecule has 1 saturated carbocycles. The lowest BCUT2D eigenvalue weighted by atomic mass is 9.78. The third kappa shape index (κ3) is 1.26. The maximum atomic E-state index is 11.4. The highest BCUT2D eigenvalue weighted by atomic mass is 16.6. The van der Waals surface area contributed by atoms with Gasteiger partial charge in [-0.2, -0.15) is 0 Å². The Morgan fingerprint density at radius 2 is 1.40 bits per heavy atom. The Balaban J connectivity index is 2.00. The average Bonchev–Trinajstić information content (AvgIpc) is 2.52. The summed E-state index contributed by atoms with van der Waals surface area (Å²) in [7, 11) is 0. The quantitative estimate of drug-likeness (QED) is 0.446. The first-order chi connectivity index (χ1) is 7.25. The van der Waals surface area contributed by atoms with Gasteiger partial charge in [-0.05, 0) is 36.8 Å². The molecule has 2 aliphatic carbocycles. The van der Waals surface area contributed by atoms with Crippen LogP contribution in [0.2, 0.25) is 0 Å². The Morgan fingerprint density at radius 1 is 0.933 bits per heavy atom. The van der Waals surface area contributed by atoms with E-state index in [0.29, 0.717) is 0 Å². The Bertz CT molecular complexity index is 365. The fourth-order valence-corrected chi connectivity index (χ4v) is 2.64. The van der Waals surface area contributed by atoms with Crippen LogP contribution in [0.15, 0.2) is 23.3 Å². The van der Waals surface area contributed by atoms with Crippen molar-refractivity contribution in [1.29, 1.82) is 0 Å². The zero-order chi connectivity index (χ0) is 10.4. The van der Waals surface area contributed by atoms with Gasteiger partial charge in [0.1, 0.15) is 0 Å². The highest BCUT2D eigenvalue weighted by molar-refractivity contribution is 5.99. The van der Waals surface area contributed by atoms with Gasteiger partial charge in [0.15, 0.2) is 0 Å². The molecule has 78 valence electrons. The van der Waals surface area contributed by atoms with Crippen molar-refractivity contribution in [2.75, 3.05) is 0 Å². The van der Waals surface area contributed by atoms with Crippen LogP contribution < -0.4 is 0 Å². The lowest BCUT2D eigenvalue weighted by molar-refractivity contribution is -0.153. The van der Waals surface area contributed by atoms with Crippen LogP contribution >= 0.6 is 0 Å². The van der Waals surface area contributed by atoms with Crippen LogP contribution in [0, 0.1) is 11.8 Å². The summed E-state index contributed by atoms with van der Waals surface area (Å²) in [6, 6.07) is 0. The Morgan fingerprint density at radius 3 is 1.87 bits per heavy atom. The first kappa shape index (κ1) is 8.89. The highest BCUT2D eigenvalue weighted by Crippen LogP contribution is 2.39. The molecule has 0 amide bonds. The van der Waals surface area contributed by atoms with Crippen molar-refractivity contribution in [3.8, 4) is 0 Å². The molecule has 3 heteroatoms. The molecule has 3 nitrogen and oxygen atoms in total. The summed E-state index contributed by atoms with van der Waals surface area (Å²) in [5.74, 6) is -1.43. The molecule has 0 aromatic carbocycles. The van der Waals surface area contributed by atoms with Gasteiger partial charge < -0.3 is 4.74 Å². The first-order valence-corrected chi connectivity index (χ1v) is 5.43. The maximum Gasteiger partial charge on any atom is 0.321 e. The third-order valence-corrected chi connectivity index (χ3v) is 3.45. The highest BCUT2D eigenvalue weighted by Gasteiger charge is 2.44. The Kier molecular flexibility index (Phi) is 1.81. The van der Waals surface area contributed by atoms with Crippen molar-refractivity contribution in [1.82, 2.24) is 0 Å². The minimum atomic E-state index is -0.377. The van der Waals surface area contributed by atoms with Gasteiger partial charge in [-0.25, -0.2) is 0 Å². The summed E-state index contributed by atoms with van der Waals surface area (Å²) in [5, 5.41) is 0. The summed E-state index contributed by atoms with van der Waals surface area (Å²) in [6.45, 7) is 0. The second-order valence-corrected chi connectivity index (χ2v) is 4.38. The van der Waals surface area contributed by atoms with E-state index in [0.717, 1.165) is 12.8 Å². The second kappa shape index (κ2) is 3.05. The third-order valence-electron chi connectivity index (χ3n) is 3.45. The van der Waals surface area contributed by atoms with Crippen LogP contribution in [0.4, 0.5) is 0 Å². The van der Waals surface area contributed by atoms with Gasteiger partial charge in [0, 0.05) is 0 Å². The predicted molar refractivity (Wildman–Crippen MR) is 52.7 cm³/mol. The number of esters is 2. The lowest BCUT2D eigenvalue weighted by Crippen LogP contribution is -2.20. The zero-order valence-electron chi connectivity index (χ0n) is 8.36. The largest absolute Gasteiger partial charge is 0.392 e. The molecule has 1 aliphatic heterocycles. The van der Waals surface area contributed by atoms with Crippen LogP contribution in [-0.2, 0) is 14.3 Å². The van der Waals surface area contributed by atoms with Gasteiger partial charge in [-0.15, -0.1) is 0 Å². The molecule has 3 aliphatic rings. The number of fused-ring (bicyclic) bond motifs is 2. The molecule has 2 atom stereocenters. The van der Waals surface area contributed by atoms with E-state index in [1.54, 1.807) is 0 Å². The molecule has 2 fully saturated rings. The molecule has 0 spiro atoms. The van der Waals surface area contributed by atoms with Crippen LogP contribution in [0.3, 0.4) is 0 Å². The second-order valence-electron chi connectivity index (χ2n) is 4.38. The minimum Gasteiger partial charge on any atom is -0.392 e. The summed E-state index contributed by atoms with van der Waals surface area (Å²) >= 11 is 0. The van der Waals surface area contributed by atoms with Crippen LogP contribution in [-0.4, -0.2) is 11.9 Å². The number of carbonyl (C=O) groups is 2. The standard InChI is InChI=1S/C12H12O3/c13-11-9-5-7-3-1-2-4-8(7)6-10(9)12(14)15-11/h5-6,9-10H,1-4H2/t9-,10+. The topological polar surface area (TPSA) is 43.4 Å². The Hall–Kier alpha value is -1.38. The minimum absolute atomic E-state index is 0.339. The number of hydrogen-bond acceptors (Lipinski definition) is 3. The molecule has 0 aromatic rings. The van der Waals surface area contributed by atoms with Crippen molar-refractivity contribution in [3.63, 3.8) is 0 Å². The molecule has 0 aromatic heterocycles. The fraction of sp³-hybridized carbons (Fsp3) is 0.500. The van der Waals surface area contributed by atoms with E-state index >= 15 is 0 Å². The van der Waals surface area contributed by atoms with E-state index in [4.69, 9.17) is 0 Å². The van der Waals surface area contributed by atoms with Gasteiger partial charge >= 0.3 is 11.9 Å².